The van der Waals surface area contributed by atoms with Crippen molar-refractivity contribution in [3.05, 3.63) is 95.2 Å². The molecule has 0 radical (unpaired) electrons. The van der Waals surface area contributed by atoms with E-state index < -0.39 is 0 Å². The first-order chi connectivity index (χ1) is 16.6. The third-order valence-electron chi connectivity index (χ3n) is 6.21. The molecule has 0 saturated carbocycles. The molecule has 4 rings (SSSR count). The van der Waals surface area contributed by atoms with Gasteiger partial charge in [-0.3, -0.25) is 9.69 Å². The Kier molecular flexibility index (Phi) is 8.50. The van der Waals surface area contributed by atoms with Gasteiger partial charge in [0.2, 0.25) is 5.91 Å². The van der Waals surface area contributed by atoms with Crippen LogP contribution in [0.1, 0.15) is 35.5 Å². The molecule has 1 fully saturated rings. The van der Waals surface area contributed by atoms with Crippen molar-refractivity contribution in [3.8, 4) is 0 Å². The van der Waals surface area contributed by atoms with E-state index >= 15 is 0 Å². The maximum absolute atomic E-state index is 14.4. The van der Waals surface area contributed by atoms with Gasteiger partial charge in [-0.25, -0.2) is 4.39 Å². The number of benzene rings is 2. The number of amides is 1. The summed E-state index contributed by atoms with van der Waals surface area (Å²) in [5, 5.41) is 0. The second kappa shape index (κ2) is 12.0. The summed E-state index contributed by atoms with van der Waals surface area (Å²) < 4.78 is 26.0. The van der Waals surface area contributed by atoms with Gasteiger partial charge in [0.1, 0.15) is 17.3 Å². The zero-order valence-electron chi connectivity index (χ0n) is 19.8. The van der Waals surface area contributed by atoms with E-state index in [1.807, 2.05) is 53.1 Å². The molecule has 0 spiro atoms. The summed E-state index contributed by atoms with van der Waals surface area (Å²) in [7, 11) is 0. The van der Waals surface area contributed by atoms with Crippen molar-refractivity contribution in [2.75, 3.05) is 26.2 Å². The summed E-state index contributed by atoms with van der Waals surface area (Å²) >= 11 is 0. The second-order valence-electron chi connectivity index (χ2n) is 8.96. The van der Waals surface area contributed by atoms with Crippen LogP contribution in [0.3, 0.4) is 0 Å². The minimum absolute atomic E-state index is 0.000629. The van der Waals surface area contributed by atoms with E-state index in [4.69, 9.17) is 9.15 Å². The molecular formula is C28H33FN2O3. The number of aryl methyl sites for hydroxylation is 1. The van der Waals surface area contributed by atoms with Crippen molar-refractivity contribution in [2.24, 2.45) is 0 Å². The molecule has 0 bridgehead atoms. The number of halogens is 1. The van der Waals surface area contributed by atoms with Crippen LogP contribution in [-0.4, -0.2) is 48.1 Å². The van der Waals surface area contributed by atoms with Crippen molar-refractivity contribution in [3.63, 3.8) is 0 Å². The fraction of sp³-hybridized carbons (Fsp3) is 0.393. The first-order valence-corrected chi connectivity index (χ1v) is 12.0. The minimum atomic E-state index is -0.251. The van der Waals surface area contributed by atoms with E-state index in [1.165, 1.54) is 11.6 Å². The quantitative estimate of drug-likeness (QED) is 0.402. The summed E-state index contributed by atoms with van der Waals surface area (Å²) in [6.45, 7) is 4.80. The third kappa shape index (κ3) is 7.02. The third-order valence-corrected chi connectivity index (χ3v) is 6.21. The molecule has 0 aliphatic carbocycles. The van der Waals surface area contributed by atoms with Gasteiger partial charge in [0.25, 0.3) is 0 Å². The number of rotatable bonds is 11. The predicted octanol–water partition coefficient (Wildman–Crippen LogP) is 4.98. The maximum Gasteiger partial charge on any atom is 0.237 e. The Hall–Kier alpha value is -2.96. The van der Waals surface area contributed by atoms with Crippen molar-refractivity contribution in [1.29, 1.82) is 0 Å². The SMILES string of the molecule is Cc1ccc(CN(CCc2ccccc2)C(=O)CN(Cc2ccccc2F)C[C@@H]2CCCO2)o1. The van der Waals surface area contributed by atoms with Gasteiger partial charge in [0, 0.05) is 31.8 Å². The average Bonchev–Trinajstić information content (AvgIpc) is 3.50. The van der Waals surface area contributed by atoms with Gasteiger partial charge >= 0.3 is 0 Å². The molecule has 1 aliphatic heterocycles. The Labute approximate surface area is 201 Å². The predicted molar refractivity (Wildman–Crippen MR) is 130 cm³/mol. The van der Waals surface area contributed by atoms with Crippen LogP contribution in [0.15, 0.2) is 71.1 Å². The van der Waals surface area contributed by atoms with Crippen molar-refractivity contribution >= 4 is 5.91 Å². The average molecular weight is 465 g/mol. The van der Waals surface area contributed by atoms with Gasteiger partial charge in [-0.05, 0) is 49.9 Å². The van der Waals surface area contributed by atoms with Crippen LogP contribution in [0.5, 0.6) is 0 Å². The zero-order valence-corrected chi connectivity index (χ0v) is 19.8. The molecular weight excluding hydrogens is 431 g/mol. The van der Waals surface area contributed by atoms with Crippen LogP contribution in [-0.2, 0) is 29.0 Å². The molecule has 2 aromatic carbocycles. The zero-order chi connectivity index (χ0) is 23.8. The van der Waals surface area contributed by atoms with Crippen LogP contribution < -0.4 is 0 Å². The Morgan fingerprint density at radius 2 is 1.82 bits per heavy atom. The Morgan fingerprint density at radius 3 is 2.53 bits per heavy atom. The van der Waals surface area contributed by atoms with Gasteiger partial charge in [0.15, 0.2) is 0 Å². The van der Waals surface area contributed by atoms with Crippen molar-refractivity contribution in [1.82, 2.24) is 9.80 Å². The molecule has 1 aromatic heterocycles. The van der Waals surface area contributed by atoms with Crippen LogP contribution in [0.4, 0.5) is 4.39 Å². The number of nitrogens with zero attached hydrogens (tertiary/aromatic N) is 2. The maximum atomic E-state index is 14.4. The summed E-state index contributed by atoms with van der Waals surface area (Å²) in [6.07, 6.45) is 2.81. The van der Waals surface area contributed by atoms with Crippen molar-refractivity contribution < 1.29 is 18.3 Å². The number of ether oxygens (including phenoxy) is 1. The van der Waals surface area contributed by atoms with Crippen molar-refractivity contribution in [2.45, 2.75) is 45.4 Å². The summed E-state index contributed by atoms with van der Waals surface area (Å²) in [4.78, 5) is 17.4. The van der Waals surface area contributed by atoms with Crippen LogP contribution >= 0.6 is 0 Å². The molecule has 1 saturated heterocycles. The smallest absolute Gasteiger partial charge is 0.237 e. The molecule has 180 valence electrons. The molecule has 0 N–H and O–H groups in total. The van der Waals surface area contributed by atoms with Crippen LogP contribution in [0, 0.1) is 12.7 Å². The van der Waals surface area contributed by atoms with Gasteiger partial charge < -0.3 is 14.1 Å². The number of carbonyl (C=O) groups is 1. The highest BCUT2D eigenvalue weighted by atomic mass is 19.1. The van der Waals surface area contributed by atoms with Gasteiger partial charge in [-0.15, -0.1) is 0 Å². The molecule has 6 heteroatoms. The molecule has 3 aromatic rings. The van der Waals surface area contributed by atoms with Gasteiger partial charge in [-0.2, -0.15) is 0 Å². The summed E-state index contributed by atoms with van der Waals surface area (Å²) in [6, 6.07) is 20.7. The van der Waals surface area contributed by atoms with E-state index in [2.05, 4.69) is 12.1 Å². The topological polar surface area (TPSA) is 45.9 Å². The Morgan fingerprint density at radius 1 is 1.03 bits per heavy atom. The molecule has 5 nitrogen and oxygen atoms in total. The number of hydrogen-bond acceptors (Lipinski definition) is 4. The normalized spacial score (nSPS) is 15.7. The first-order valence-electron chi connectivity index (χ1n) is 12.0. The number of carbonyl (C=O) groups excluding carboxylic acids is 1. The highest BCUT2D eigenvalue weighted by Crippen LogP contribution is 2.18. The fourth-order valence-electron chi connectivity index (χ4n) is 4.38. The van der Waals surface area contributed by atoms with Gasteiger partial charge in [-0.1, -0.05) is 48.5 Å². The van der Waals surface area contributed by atoms with Gasteiger partial charge in [0.05, 0.1) is 19.2 Å². The Bertz CT molecular complexity index is 1050. The highest BCUT2D eigenvalue weighted by molar-refractivity contribution is 5.78. The lowest BCUT2D eigenvalue weighted by Gasteiger charge is -2.29. The largest absolute Gasteiger partial charge is 0.464 e. The lowest BCUT2D eigenvalue weighted by molar-refractivity contribution is -0.133. The molecule has 1 amide bonds. The van der Waals surface area contributed by atoms with E-state index in [9.17, 15) is 9.18 Å². The fourth-order valence-corrected chi connectivity index (χ4v) is 4.38. The highest BCUT2D eigenvalue weighted by Gasteiger charge is 2.24. The molecule has 1 aliphatic rings. The second-order valence-corrected chi connectivity index (χ2v) is 8.96. The lowest BCUT2D eigenvalue weighted by atomic mass is 10.1. The Balaban J connectivity index is 1.48. The van der Waals surface area contributed by atoms with Crippen LogP contribution in [0.2, 0.25) is 0 Å². The number of hydrogen-bond donors (Lipinski definition) is 0. The molecule has 34 heavy (non-hydrogen) atoms. The monoisotopic (exact) mass is 464 g/mol. The van der Waals surface area contributed by atoms with E-state index in [0.29, 0.717) is 31.7 Å². The summed E-state index contributed by atoms with van der Waals surface area (Å²) in [5.41, 5.74) is 1.77. The first kappa shape index (κ1) is 24.2. The lowest BCUT2D eigenvalue weighted by Crippen LogP contribution is -2.43. The van der Waals surface area contributed by atoms with E-state index in [0.717, 1.165) is 37.4 Å². The number of furan rings is 1. The summed E-state index contributed by atoms with van der Waals surface area (Å²) in [5.74, 6) is 1.34. The molecule has 1 atom stereocenters. The molecule has 0 unspecified atom stereocenters. The van der Waals surface area contributed by atoms with Crippen LogP contribution in [0.25, 0.3) is 0 Å². The molecule has 2 heterocycles. The standard InChI is InChI=1S/C28H33FN2O3/c1-22-13-14-26(34-22)20-31(16-15-23-8-3-2-4-9-23)28(32)21-30(19-25-11-7-17-33-25)18-24-10-5-6-12-27(24)29/h2-6,8-10,12-14,25H,7,11,15-21H2,1H3/t25-/m0/s1. The minimum Gasteiger partial charge on any atom is -0.464 e. The van der Waals surface area contributed by atoms with E-state index in [-0.39, 0.29) is 24.4 Å². The van der Waals surface area contributed by atoms with E-state index in [1.54, 1.807) is 12.1 Å².